The Labute approximate surface area is 124 Å². The number of pyridine rings is 1. The lowest BCUT2D eigenvalue weighted by Gasteiger charge is -2.29. The molecule has 21 heavy (non-hydrogen) atoms. The number of aliphatic hydroxyl groups excluding tert-OH is 2. The molecule has 0 aromatic carbocycles. The molecular formula is C14H18N2O4S. The van der Waals surface area contributed by atoms with E-state index in [9.17, 15) is 13.5 Å². The van der Waals surface area contributed by atoms with E-state index in [1.807, 2.05) is 0 Å². The van der Waals surface area contributed by atoms with Crippen LogP contribution in [0.1, 0.15) is 24.8 Å². The van der Waals surface area contributed by atoms with Crippen LogP contribution in [0.4, 0.5) is 0 Å². The molecule has 1 aromatic heterocycles. The van der Waals surface area contributed by atoms with Gasteiger partial charge in [-0.2, -0.15) is 4.31 Å². The third kappa shape index (κ3) is 4.02. The van der Waals surface area contributed by atoms with Crippen LogP contribution in [-0.2, 0) is 10.0 Å². The van der Waals surface area contributed by atoms with Gasteiger partial charge in [-0.05, 0) is 18.9 Å². The lowest BCUT2D eigenvalue weighted by Crippen LogP contribution is -2.42. The van der Waals surface area contributed by atoms with E-state index in [4.69, 9.17) is 5.11 Å². The van der Waals surface area contributed by atoms with Crippen LogP contribution in [0.5, 0.6) is 0 Å². The highest BCUT2D eigenvalue weighted by Crippen LogP contribution is 2.20. The SMILES string of the molecule is O=S(=O)(c1cncc(C#CCCO)c1)N1CCCC(O)C1. The van der Waals surface area contributed by atoms with Crippen LogP contribution in [0, 0.1) is 11.8 Å². The van der Waals surface area contributed by atoms with Crippen molar-refractivity contribution in [2.45, 2.75) is 30.3 Å². The molecule has 1 saturated heterocycles. The molecule has 0 aliphatic carbocycles. The average molecular weight is 310 g/mol. The first kappa shape index (κ1) is 15.9. The van der Waals surface area contributed by atoms with E-state index < -0.39 is 16.1 Å². The Bertz CT molecular complexity index is 648. The van der Waals surface area contributed by atoms with Gasteiger partial charge in [0.05, 0.1) is 12.7 Å². The summed E-state index contributed by atoms with van der Waals surface area (Å²) in [5.74, 6) is 5.49. The molecule has 1 fully saturated rings. The first-order chi connectivity index (χ1) is 10.0. The molecule has 1 atom stereocenters. The highest BCUT2D eigenvalue weighted by atomic mass is 32.2. The lowest BCUT2D eigenvalue weighted by atomic mass is 10.1. The third-order valence-electron chi connectivity index (χ3n) is 3.18. The maximum absolute atomic E-state index is 12.5. The summed E-state index contributed by atoms with van der Waals surface area (Å²) in [4.78, 5) is 3.99. The Balaban J connectivity index is 2.24. The molecule has 2 N–H and O–H groups in total. The van der Waals surface area contributed by atoms with Gasteiger partial charge in [-0.15, -0.1) is 0 Å². The number of hydrogen-bond acceptors (Lipinski definition) is 5. The summed E-state index contributed by atoms with van der Waals surface area (Å²) < 4.78 is 26.3. The summed E-state index contributed by atoms with van der Waals surface area (Å²) in [6, 6.07) is 1.47. The maximum atomic E-state index is 12.5. The second-order valence-corrected chi connectivity index (χ2v) is 6.78. The molecule has 6 nitrogen and oxygen atoms in total. The minimum atomic E-state index is -3.65. The smallest absolute Gasteiger partial charge is 0.244 e. The highest BCUT2D eigenvalue weighted by molar-refractivity contribution is 7.89. The van der Waals surface area contributed by atoms with Gasteiger partial charge in [0.15, 0.2) is 0 Å². The van der Waals surface area contributed by atoms with E-state index in [1.165, 1.54) is 22.8 Å². The molecule has 1 aromatic rings. The monoisotopic (exact) mass is 310 g/mol. The topological polar surface area (TPSA) is 90.7 Å². The summed E-state index contributed by atoms with van der Waals surface area (Å²) in [7, 11) is -3.65. The van der Waals surface area contributed by atoms with Gasteiger partial charge in [0.1, 0.15) is 4.90 Å². The van der Waals surface area contributed by atoms with Gasteiger partial charge in [-0.1, -0.05) is 11.8 Å². The first-order valence-corrected chi connectivity index (χ1v) is 8.21. The predicted molar refractivity (Wildman–Crippen MR) is 76.8 cm³/mol. The van der Waals surface area contributed by atoms with Crippen molar-refractivity contribution >= 4 is 10.0 Å². The summed E-state index contributed by atoms with van der Waals surface area (Å²) >= 11 is 0. The predicted octanol–water partition coefficient (Wildman–Crippen LogP) is -0.0391. The minimum Gasteiger partial charge on any atom is -0.395 e. The average Bonchev–Trinajstić information content (AvgIpc) is 2.48. The van der Waals surface area contributed by atoms with E-state index in [2.05, 4.69) is 16.8 Å². The molecule has 0 amide bonds. The second-order valence-electron chi connectivity index (χ2n) is 4.84. The highest BCUT2D eigenvalue weighted by Gasteiger charge is 2.29. The van der Waals surface area contributed by atoms with Crippen LogP contribution in [0.3, 0.4) is 0 Å². The van der Waals surface area contributed by atoms with Gasteiger partial charge < -0.3 is 10.2 Å². The van der Waals surface area contributed by atoms with E-state index in [-0.39, 0.29) is 18.0 Å². The fourth-order valence-electron chi connectivity index (χ4n) is 2.14. The molecule has 0 radical (unpaired) electrons. The number of hydrogen-bond donors (Lipinski definition) is 2. The van der Waals surface area contributed by atoms with Gasteiger partial charge in [-0.3, -0.25) is 4.98 Å². The fraction of sp³-hybridized carbons (Fsp3) is 0.500. The van der Waals surface area contributed by atoms with Gasteiger partial charge in [-0.25, -0.2) is 8.42 Å². The Hall–Kier alpha value is -1.46. The Morgan fingerprint density at radius 1 is 1.43 bits per heavy atom. The number of aliphatic hydroxyl groups is 2. The zero-order valence-corrected chi connectivity index (χ0v) is 12.4. The van der Waals surface area contributed by atoms with Crippen molar-refractivity contribution in [1.82, 2.24) is 9.29 Å². The molecule has 0 bridgehead atoms. The fourth-order valence-corrected chi connectivity index (χ4v) is 3.64. The summed E-state index contributed by atoms with van der Waals surface area (Å²) in [5.41, 5.74) is 0.488. The first-order valence-electron chi connectivity index (χ1n) is 6.77. The van der Waals surface area contributed by atoms with Crippen molar-refractivity contribution in [3.8, 4) is 11.8 Å². The Kier molecular flexibility index (Phi) is 5.31. The molecule has 2 heterocycles. The van der Waals surface area contributed by atoms with Crippen molar-refractivity contribution in [1.29, 1.82) is 0 Å². The maximum Gasteiger partial charge on any atom is 0.244 e. The number of sulfonamides is 1. The van der Waals surface area contributed by atoms with Crippen LogP contribution in [-0.4, -0.2) is 53.7 Å². The van der Waals surface area contributed by atoms with Crippen molar-refractivity contribution < 1.29 is 18.6 Å². The van der Waals surface area contributed by atoms with Gasteiger partial charge in [0, 0.05) is 37.5 Å². The number of aromatic nitrogens is 1. The summed E-state index contributed by atoms with van der Waals surface area (Å²) in [6.07, 6.45) is 3.74. The molecule has 1 unspecified atom stereocenters. The van der Waals surface area contributed by atoms with Crippen LogP contribution in [0.15, 0.2) is 23.4 Å². The molecule has 1 aliphatic heterocycles. The van der Waals surface area contributed by atoms with Crippen molar-refractivity contribution in [2.75, 3.05) is 19.7 Å². The van der Waals surface area contributed by atoms with Gasteiger partial charge in [0.25, 0.3) is 0 Å². The van der Waals surface area contributed by atoms with Crippen molar-refractivity contribution in [3.63, 3.8) is 0 Å². The van der Waals surface area contributed by atoms with Crippen molar-refractivity contribution in [3.05, 3.63) is 24.0 Å². The van der Waals surface area contributed by atoms with E-state index in [0.717, 1.165) is 0 Å². The van der Waals surface area contributed by atoms with Crippen molar-refractivity contribution in [2.24, 2.45) is 0 Å². The zero-order valence-electron chi connectivity index (χ0n) is 11.6. The number of nitrogens with zero attached hydrogens (tertiary/aromatic N) is 2. The second kappa shape index (κ2) is 7.00. The normalized spacial score (nSPS) is 19.8. The molecule has 0 spiro atoms. The van der Waals surface area contributed by atoms with E-state index in [1.54, 1.807) is 0 Å². The van der Waals surface area contributed by atoms with Crippen LogP contribution in [0.2, 0.25) is 0 Å². The number of β-amino-alcohol motifs (C(OH)–C–C–N with tert-alkyl or cyclic N) is 1. The molecule has 114 valence electrons. The molecule has 1 aliphatic rings. The van der Waals surface area contributed by atoms with Crippen LogP contribution in [0.25, 0.3) is 0 Å². The van der Waals surface area contributed by atoms with Crippen LogP contribution >= 0.6 is 0 Å². The Morgan fingerprint density at radius 3 is 2.95 bits per heavy atom. The Morgan fingerprint density at radius 2 is 2.24 bits per heavy atom. The van der Waals surface area contributed by atoms with E-state index in [0.29, 0.717) is 31.4 Å². The molecule has 2 rings (SSSR count). The summed E-state index contributed by atoms with van der Waals surface area (Å²) in [5, 5.41) is 18.3. The van der Waals surface area contributed by atoms with Crippen LogP contribution < -0.4 is 0 Å². The lowest BCUT2D eigenvalue weighted by molar-refractivity contribution is 0.108. The third-order valence-corrected chi connectivity index (χ3v) is 5.01. The molecule has 0 saturated carbocycles. The van der Waals surface area contributed by atoms with Gasteiger partial charge in [0.2, 0.25) is 10.0 Å². The molecular weight excluding hydrogens is 292 g/mol. The van der Waals surface area contributed by atoms with E-state index >= 15 is 0 Å². The number of piperidine rings is 1. The number of rotatable bonds is 3. The standard InChI is InChI=1S/C14H18N2O4S/c17-7-2-1-4-12-8-14(10-15-9-12)21(19,20)16-6-3-5-13(18)11-16/h8-10,13,17-18H,2-3,5-7,11H2. The summed E-state index contributed by atoms with van der Waals surface area (Å²) in [6.45, 7) is 0.479. The zero-order chi connectivity index (χ0) is 15.3. The molecule has 7 heteroatoms. The largest absolute Gasteiger partial charge is 0.395 e. The van der Waals surface area contributed by atoms with Gasteiger partial charge >= 0.3 is 0 Å². The minimum absolute atomic E-state index is 0.0376. The quantitative estimate of drug-likeness (QED) is 0.765.